The lowest BCUT2D eigenvalue weighted by molar-refractivity contribution is -0.137. The van der Waals surface area contributed by atoms with E-state index in [2.05, 4.69) is 6.92 Å². The third kappa shape index (κ3) is 4.48. The molecule has 5 nitrogen and oxygen atoms in total. The Morgan fingerprint density at radius 3 is 2.64 bits per heavy atom. The summed E-state index contributed by atoms with van der Waals surface area (Å²) in [7, 11) is 0. The Balaban J connectivity index is 1.86. The molecule has 0 aliphatic carbocycles. The first-order chi connectivity index (χ1) is 10.6. The Kier molecular flexibility index (Phi) is 5.81. The van der Waals surface area contributed by atoms with Crippen LogP contribution in [0.4, 0.5) is 0 Å². The number of hydrogen-bond acceptors (Lipinski definition) is 3. The lowest BCUT2D eigenvalue weighted by atomic mass is 10.00. The van der Waals surface area contributed by atoms with Crippen LogP contribution in [0.5, 0.6) is 5.75 Å². The first kappa shape index (κ1) is 16.3. The molecule has 1 aromatic carbocycles. The van der Waals surface area contributed by atoms with Crippen molar-refractivity contribution in [1.82, 2.24) is 4.90 Å². The molecule has 1 saturated heterocycles. The number of amides is 1. The monoisotopic (exact) mass is 305 g/mol. The van der Waals surface area contributed by atoms with Gasteiger partial charge in [0.05, 0.1) is 6.42 Å². The van der Waals surface area contributed by atoms with Crippen LogP contribution in [0.25, 0.3) is 0 Å². The van der Waals surface area contributed by atoms with Gasteiger partial charge >= 0.3 is 5.97 Å². The molecule has 5 heteroatoms. The number of ether oxygens (including phenoxy) is 1. The normalized spacial score (nSPS) is 18.0. The van der Waals surface area contributed by atoms with Gasteiger partial charge in [0.1, 0.15) is 5.75 Å². The van der Waals surface area contributed by atoms with Crippen LogP contribution in [-0.2, 0) is 16.0 Å². The molecule has 1 heterocycles. The van der Waals surface area contributed by atoms with Crippen molar-refractivity contribution >= 4 is 11.9 Å². The second-order valence-electron chi connectivity index (χ2n) is 5.65. The number of likely N-dealkylation sites (tertiary alicyclic amines) is 1. The molecular formula is C17H23NO4. The van der Waals surface area contributed by atoms with Crippen LogP contribution in [0.1, 0.15) is 38.2 Å². The highest BCUT2D eigenvalue weighted by Gasteiger charge is 2.25. The predicted octanol–water partition coefficient (Wildman–Crippen LogP) is 2.48. The van der Waals surface area contributed by atoms with E-state index in [1.165, 1.54) is 6.42 Å². The van der Waals surface area contributed by atoms with E-state index in [0.717, 1.165) is 25.8 Å². The number of benzene rings is 1. The fourth-order valence-electron chi connectivity index (χ4n) is 2.86. The van der Waals surface area contributed by atoms with Gasteiger partial charge < -0.3 is 14.7 Å². The van der Waals surface area contributed by atoms with Crippen molar-refractivity contribution in [2.24, 2.45) is 0 Å². The zero-order valence-corrected chi connectivity index (χ0v) is 13.0. The van der Waals surface area contributed by atoms with E-state index in [1.807, 2.05) is 4.90 Å². The van der Waals surface area contributed by atoms with Gasteiger partial charge in [0.15, 0.2) is 6.61 Å². The lowest BCUT2D eigenvalue weighted by Gasteiger charge is -2.35. The first-order valence-electron chi connectivity index (χ1n) is 7.83. The van der Waals surface area contributed by atoms with Gasteiger partial charge in [0, 0.05) is 12.6 Å². The predicted molar refractivity (Wildman–Crippen MR) is 82.9 cm³/mol. The summed E-state index contributed by atoms with van der Waals surface area (Å²) in [5.74, 6) is -0.242. The second-order valence-corrected chi connectivity index (χ2v) is 5.65. The number of piperidine rings is 1. The minimum atomic E-state index is -0.862. The SMILES string of the molecule is CC[C@H]1CCCCN1C(=O)COc1ccc(CC(=O)O)cc1. The maximum Gasteiger partial charge on any atom is 0.307 e. The third-order valence-electron chi connectivity index (χ3n) is 4.06. The second kappa shape index (κ2) is 7.82. The van der Waals surface area contributed by atoms with Crippen LogP contribution in [0, 0.1) is 0 Å². The Morgan fingerprint density at radius 2 is 2.00 bits per heavy atom. The smallest absolute Gasteiger partial charge is 0.307 e. The van der Waals surface area contributed by atoms with E-state index in [-0.39, 0.29) is 18.9 Å². The molecule has 1 N–H and O–H groups in total. The fraction of sp³-hybridized carbons (Fsp3) is 0.529. The Morgan fingerprint density at radius 1 is 1.27 bits per heavy atom. The zero-order valence-electron chi connectivity index (χ0n) is 13.0. The Labute approximate surface area is 130 Å². The van der Waals surface area contributed by atoms with Crippen molar-refractivity contribution in [1.29, 1.82) is 0 Å². The molecule has 0 unspecified atom stereocenters. The number of aliphatic carboxylic acids is 1. The molecular weight excluding hydrogens is 282 g/mol. The summed E-state index contributed by atoms with van der Waals surface area (Å²) in [4.78, 5) is 24.8. The summed E-state index contributed by atoms with van der Waals surface area (Å²) in [6.45, 7) is 2.96. The molecule has 2 rings (SSSR count). The number of nitrogens with zero attached hydrogens (tertiary/aromatic N) is 1. The molecule has 1 amide bonds. The van der Waals surface area contributed by atoms with Gasteiger partial charge in [-0.2, -0.15) is 0 Å². The number of rotatable bonds is 6. The summed E-state index contributed by atoms with van der Waals surface area (Å²) in [5, 5.41) is 8.72. The number of carbonyl (C=O) groups excluding carboxylic acids is 1. The molecule has 1 aliphatic rings. The molecule has 1 aliphatic heterocycles. The first-order valence-corrected chi connectivity index (χ1v) is 7.83. The van der Waals surface area contributed by atoms with E-state index >= 15 is 0 Å². The standard InChI is InChI=1S/C17H23NO4/c1-2-14-5-3-4-10-18(14)16(19)12-22-15-8-6-13(7-9-15)11-17(20)21/h6-9,14H,2-5,10-12H2,1H3,(H,20,21)/t14-/m0/s1. The molecule has 0 saturated carbocycles. The summed E-state index contributed by atoms with van der Waals surface area (Å²) in [5.41, 5.74) is 0.716. The molecule has 22 heavy (non-hydrogen) atoms. The Hall–Kier alpha value is -2.04. The average molecular weight is 305 g/mol. The maximum absolute atomic E-state index is 12.3. The van der Waals surface area contributed by atoms with E-state index in [4.69, 9.17) is 9.84 Å². The van der Waals surface area contributed by atoms with Crippen LogP contribution in [-0.4, -0.2) is 41.1 Å². The van der Waals surface area contributed by atoms with Crippen molar-refractivity contribution in [2.75, 3.05) is 13.2 Å². The van der Waals surface area contributed by atoms with Gasteiger partial charge in [-0.3, -0.25) is 9.59 Å². The van der Waals surface area contributed by atoms with Crippen LogP contribution in [0.3, 0.4) is 0 Å². The van der Waals surface area contributed by atoms with Crippen LogP contribution in [0.15, 0.2) is 24.3 Å². The highest BCUT2D eigenvalue weighted by atomic mass is 16.5. The molecule has 1 atom stereocenters. The summed E-state index contributed by atoms with van der Waals surface area (Å²) in [6, 6.07) is 7.17. The molecule has 1 fully saturated rings. The molecule has 0 bridgehead atoms. The van der Waals surface area contributed by atoms with E-state index in [9.17, 15) is 9.59 Å². The Bertz CT molecular complexity index is 512. The molecule has 0 radical (unpaired) electrons. The number of carboxylic acid groups (broad SMARTS) is 1. The molecule has 120 valence electrons. The lowest BCUT2D eigenvalue weighted by Crippen LogP contribution is -2.45. The van der Waals surface area contributed by atoms with Crippen LogP contribution >= 0.6 is 0 Å². The molecule has 0 aromatic heterocycles. The van der Waals surface area contributed by atoms with Crippen molar-refractivity contribution < 1.29 is 19.4 Å². The highest BCUT2D eigenvalue weighted by molar-refractivity contribution is 5.78. The molecule has 1 aromatic rings. The minimum Gasteiger partial charge on any atom is -0.484 e. The topological polar surface area (TPSA) is 66.8 Å². The van der Waals surface area contributed by atoms with Gasteiger partial charge in [-0.15, -0.1) is 0 Å². The van der Waals surface area contributed by atoms with Gasteiger partial charge in [-0.25, -0.2) is 0 Å². The molecule has 0 spiro atoms. The summed E-state index contributed by atoms with van der Waals surface area (Å²) < 4.78 is 5.54. The fourth-order valence-corrected chi connectivity index (χ4v) is 2.86. The van der Waals surface area contributed by atoms with Crippen molar-refractivity contribution in [2.45, 2.75) is 45.1 Å². The van der Waals surface area contributed by atoms with E-state index in [1.54, 1.807) is 24.3 Å². The van der Waals surface area contributed by atoms with Gasteiger partial charge in [-0.1, -0.05) is 19.1 Å². The van der Waals surface area contributed by atoms with Crippen LogP contribution < -0.4 is 4.74 Å². The van der Waals surface area contributed by atoms with E-state index in [0.29, 0.717) is 17.4 Å². The van der Waals surface area contributed by atoms with Crippen molar-refractivity contribution in [3.8, 4) is 5.75 Å². The van der Waals surface area contributed by atoms with Gasteiger partial charge in [-0.05, 0) is 43.4 Å². The quantitative estimate of drug-likeness (QED) is 0.877. The summed E-state index contributed by atoms with van der Waals surface area (Å²) >= 11 is 0. The van der Waals surface area contributed by atoms with E-state index < -0.39 is 5.97 Å². The largest absolute Gasteiger partial charge is 0.484 e. The number of carboxylic acids is 1. The number of hydrogen-bond donors (Lipinski definition) is 1. The number of carbonyl (C=O) groups is 2. The van der Waals surface area contributed by atoms with Gasteiger partial charge in [0.25, 0.3) is 5.91 Å². The summed E-state index contributed by atoms with van der Waals surface area (Å²) in [6.07, 6.45) is 4.30. The third-order valence-corrected chi connectivity index (χ3v) is 4.06. The zero-order chi connectivity index (χ0) is 15.9. The maximum atomic E-state index is 12.3. The van der Waals surface area contributed by atoms with Crippen molar-refractivity contribution in [3.05, 3.63) is 29.8 Å². The highest BCUT2D eigenvalue weighted by Crippen LogP contribution is 2.20. The van der Waals surface area contributed by atoms with Crippen LogP contribution in [0.2, 0.25) is 0 Å². The van der Waals surface area contributed by atoms with Crippen molar-refractivity contribution in [3.63, 3.8) is 0 Å². The average Bonchev–Trinajstić information content (AvgIpc) is 2.53. The van der Waals surface area contributed by atoms with Gasteiger partial charge in [0.2, 0.25) is 0 Å². The minimum absolute atomic E-state index is 0.00876.